The molecule has 0 aliphatic carbocycles. The maximum atomic E-state index is 5.89. The van der Waals surface area contributed by atoms with E-state index in [1.807, 2.05) is 18.2 Å². The topological polar surface area (TPSA) is 24.1 Å². The van der Waals surface area contributed by atoms with Gasteiger partial charge in [0.05, 0.1) is 0 Å². The van der Waals surface area contributed by atoms with Crippen LogP contribution in [-0.2, 0) is 6.54 Å². The molecule has 0 radical (unpaired) electrons. The predicted molar refractivity (Wildman–Crippen MR) is 74.0 cm³/mol. The van der Waals surface area contributed by atoms with Gasteiger partial charge in [0.15, 0.2) is 0 Å². The van der Waals surface area contributed by atoms with Crippen molar-refractivity contribution in [3.05, 3.63) is 33.3 Å². The molecule has 0 aliphatic heterocycles. The van der Waals surface area contributed by atoms with E-state index in [-0.39, 0.29) is 0 Å². The number of halogens is 2. The van der Waals surface area contributed by atoms with Crippen LogP contribution in [0.5, 0.6) is 0 Å². The molecule has 0 heterocycles. The molecular formula is C12H18BrClN2. The van der Waals surface area contributed by atoms with Crippen LogP contribution >= 0.6 is 27.5 Å². The van der Waals surface area contributed by atoms with Gasteiger partial charge in [-0.3, -0.25) is 0 Å². The normalized spacial score (nSPS) is 12.8. The van der Waals surface area contributed by atoms with Crippen LogP contribution in [0.25, 0.3) is 0 Å². The molecule has 0 amide bonds. The van der Waals surface area contributed by atoms with E-state index in [9.17, 15) is 0 Å². The van der Waals surface area contributed by atoms with E-state index in [4.69, 9.17) is 11.6 Å². The lowest BCUT2D eigenvalue weighted by Gasteiger charge is -2.14. The molecule has 1 aromatic rings. The fraction of sp³-hybridized carbons (Fsp3) is 0.500. The van der Waals surface area contributed by atoms with Gasteiger partial charge in [-0.25, -0.2) is 0 Å². The zero-order chi connectivity index (χ0) is 12.0. The zero-order valence-corrected chi connectivity index (χ0v) is 12.0. The van der Waals surface area contributed by atoms with Gasteiger partial charge in [0.1, 0.15) is 0 Å². The van der Waals surface area contributed by atoms with E-state index in [0.717, 1.165) is 29.1 Å². The summed E-state index contributed by atoms with van der Waals surface area (Å²) in [6.07, 6.45) is 0. The lowest BCUT2D eigenvalue weighted by Crippen LogP contribution is -2.35. The summed E-state index contributed by atoms with van der Waals surface area (Å²) in [5.41, 5.74) is 1.23. The highest BCUT2D eigenvalue weighted by molar-refractivity contribution is 9.10. The van der Waals surface area contributed by atoms with Crippen molar-refractivity contribution in [1.82, 2.24) is 10.6 Å². The molecule has 2 N–H and O–H groups in total. The van der Waals surface area contributed by atoms with Gasteiger partial charge in [0.2, 0.25) is 0 Å². The van der Waals surface area contributed by atoms with Gasteiger partial charge in [0.25, 0.3) is 0 Å². The standard InChI is InChI=1S/C12H18BrClN2/c1-3-15-7-9(2)16-8-10-4-5-11(14)6-12(10)13/h4-6,9,15-16H,3,7-8H2,1-2H3. The monoisotopic (exact) mass is 304 g/mol. The Morgan fingerprint density at radius 1 is 1.44 bits per heavy atom. The summed E-state index contributed by atoms with van der Waals surface area (Å²) in [6, 6.07) is 6.34. The first-order chi connectivity index (χ1) is 7.63. The minimum atomic E-state index is 0.461. The van der Waals surface area contributed by atoms with E-state index >= 15 is 0 Å². The lowest BCUT2D eigenvalue weighted by atomic mass is 10.2. The minimum Gasteiger partial charge on any atom is -0.315 e. The third-order valence-corrected chi connectivity index (χ3v) is 3.33. The Labute approximate surface area is 111 Å². The largest absolute Gasteiger partial charge is 0.315 e. The van der Waals surface area contributed by atoms with Crippen LogP contribution in [0, 0.1) is 0 Å². The molecule has 2 nitrogen and oxygen atoms in total. The van der Waals surface area contributed by atoms with E-state index in [1.165, 1.54) is 5.56 Å². The Balaban J connectivity index is 2.42. The fourth-order valence-corrected chi connectivity index (χ4v) is 2.21. The van der Waals surface area contributed by atoms with Gasteiger partial charge in [-0.05, 0) is 31.2 Å². The van der Waals surface area contributed by atoms with Gasteiger partial charge < -0.3 is 10.6 Å². The van der Waals surface area contributed by atoms with Gasteiger partial charge in [-0.2, -0.15) is 0 Å². The zero-order valence-electron chi connectivity index (χ0n) is 9.69. The molecule has 1 unspecified atom stereocenters. The van der Waals surface area contributed by atoms with Crippen LogP contribution in [0.15, 0.2) is 22.7 Å². The minimum absolute atomic E-state index is 0.461. The summed E-state index contributed by atoms with van der Waals surface area (Å²) >= 11 is 9.40. The molecule has 0 aromatic heterocycles. The summed E-state index contributed by atoms with van der Waals surface area (Å²) in [5.74, 6) is 0. The number of hydrogen-bond donors (Lipinski definition) is 2. The SMILES string of the molecule is CCNCC(C)NCc1ccc(Cl)cc1Br. The Kier molecular flexibility index (Phi) is 6.36. The second kappa shape index (κ2) is 7.28. The van der Waals surface area contributed by atoms with E-state index < -0.39 is 0 Å². The van der Waals surface area contributed by atoms with Crippen LogP contribution < -0.4 is 10.6 Å². The molecule has 1 rings (SSSR count). The number of nitrogens with one attached hydrogen (secondary N) is 2. The van der Waals surface area contributed by atoms with Crippen LogP contribution in [0.2, 0.25) is 5.02 Å². The molecule has 0 bridgehead atoms. The first-order valence-electron chi connectivity index (χ1n) is 5.51. The molecule has 1 atom stereocenters. The lowest BCUT2D eigenvalue weighted by molar-refractivity contribution is 0.508. The average Bonchev–Trinajstić information content (AvgIpc) is 2.25. The van der Waals surface area contributed by atoms with Crippen molar-refractivity contribution >= 4 is 27.5 Å². The Morgan fingerprint density at radius 3 is 2.81 bits per heavy atom. The van der Waals surface area contributed by atoms with Crippen molar-refractivity contribution in [2.24, 2.45) is 0 Å². The molecule has 0 aliphatic rings. The average molecular weight is 306 g/mol. The Morgan fingerprint density at radius 2 is 2.19 bits per heavy atom. The van der Waals surface area contributed by atoms with Gasteiger partial charge in [0, 0.05) is 28.6 Å². The maximum Gasteiger partial charge on any atom is 0.0417 e. The maximum absolute atomic E-state index is 5.89. The fourth-order valence-electron chi connectivity index (χ4n) is 1.38. The predicted octanol–water partition coefficient (Wildman–Crippen LogP) is 3.19. The van der Waals surface area contributed by atoms with Crippen LogP contribution in [-0.4, -0.2) is 19.1 Å². The van der Waals surface area contributed by atoms with Crippen molar-refractivity contribution in [1.29, 1.82) is 0 Å². The molecular weight excluding hydrogens is 288 g/mol. The Bertz CT molecular complexity index is 331. The van der Waals surface area contributed by atoms with E-state index in [1.54, 1.807) is 0 Å². The third-order valence-electron chi connectivity index (χ3n) is 2.36. The van der Waals surface area contributed by atoms with Crippen molar-refractivity contribution in [3.8, 4) is 0 Å². The molecule has 0 saturated heterocycles. The van der Waals surface area contributed by atoms with Crippen LogP contribution in [0.1, 0.15) is 19.4 Å². The van der Waals surface area contributed by atoms with Crippen LogP contribution in [0.4, 0.5) is 0 Å². The van der Waals surface area contributed by atoms with Gasteiger partial charge in [-0.1, -0.05) is 40.5 Å². The van der Waals surface area contributed by atoms with Crippen LogP contribution in [0.3, 0.4) is 0 Å². The third kappa shape index (κ3) is 4.83. The van der Waals surface area contributed by atoms with E-state index in [2.05, 4.69) is 40.4 Å². The molecule has 1 aromatic carbocycles. The number of likely N-dealkylation sites (N-methyl/N-ethyl adjacent to an activating group) is 1. The highest BCUT2D eigenvalue weighted by Crippen LogP contribution is 2.21. The molecule has 4 heteroatoms. The summed E-state index contributed by atoms with van der Waals surface area (Å²) in [6.45, 7) is 7.14. The smallest absolute Gasteiger partial charge is 0.0417 e. The van der Waals surface area contributed by atoms with Gasteiger partial charge >= 0.3 is 0 Å². The Hall–Kier alpha value is -0.0900. The second-order valence-electron chi connectivity index (χ2n) is 3.83. The van der Waals surface area contributed by atoms with Crippen molar-refractivity contribution < 1.29 is 0 Å². The summed E-state index contributed by atoms with van der Waals surface area (Å²) in [5, 5.41) is 7.53. The summed E-state index contributed by atoms with van der Waals surface area (Å²) in [4.78, 5) is 0. The quantitative estimate of drug-likeness (QED) is 0.843. The number of benzene rings is 1. The van der Waals surface area contributed by atoms with Crippen molar-refractivity contribution in [3.63, 3.8) is 0 Å². The molecule has 16 heavy (non-hydrogen) atoms. The van der Waals surface area contributed by atoms with Crippen molar-refractivity contribution in [2.75, 3.05) is 13.1 Å². The molecule has 0 saturated carbocycles. The van der Waals surface area contributed by atoms with Gasteiger partial charge in [-0.15, -0.1) is 0 Å². The molecule has 0 spiro atoms. The summed E-state index contributed by atoms with van der Waals surface area (Å²) < 4.78 is 1.06. The first kappa shape index (κ1) is 14.0. The number of hydrogen-bond acceptors (Lipinski definition) is 2. The van der Waals surface area contributed by atoms with E-state index in [0.29, 0.717) is 6.04 Å². The summed E-state index contributed by atoms with van der Waals surface area (Å²) in [7, 11) is 0. The van der Waals surface area contributed by atoms with Crippen molar-refractivity contribution in [2.45, 2.75) is 26.4 Å². The molecule has 0 fully saturated rings. The first-order valence-corrected chi connectivity index (χ1v) is 6.68. The number of rotatable bonds is 6. The highest BCUT2D eigenvalue weighted by Gasteiger charge is 2.03. The highest BCUT2D eigenvalue weighted by atomic mass is 79.9. The second-order valence-corrected chi connectivity index (χ2v) is 5.12. The molecule has 90 valence electrons.